The number of anilines is 1. The van der Waals surface area contributed by atoms with Crippen LogP contribution in [0.15, 0.2) is 18.2 Å². The minimum absolute atomic E-state index is 0.138. The van der Waals surface area contributed by atoms with Gasteiger partial charge in [-0.15, -0.1) is 0 Å². The molecule has 1 aliphatic rings. The third-order valence-corrected chi connectivity index (χ3v) is 2.61. The average molecular weight is 179 g/mol. The fraction of sp³-hybridized carbons (Fsp3) is 0.455. The lowest BCUT2D eigenvalue weighted by Crippen LogP contribution is -2.18. The molecule has 0 aromatic heterocycles. The van der Waals surface area contributed by atoms with Crippen LogP contribution in [0.2, 0.25) is 0 Å². The Morgan fingerprint density at radius 1 is 1.23 bits per heavy atom. The number of nitrogens with zero attached hydrogens (tertiary/aromatic N) is 1. The maximum Gasteiger partial charge on any atom is 0.123 e. The summed E-state index contributed by atoms with van der Waals surface area (Å²) in [6.07, 6.45) is 2.52. The zero-order valence-electron chi connectivity index (χ0n) is 7.89. The van der Waals surface area contributed by atoms with E-state index < -0.39 is 0 Å². The van der Waals surface area contributed by atoms with Crippen LogP contribution in [0.4, 0.5) is 10.1 Å². The molecule has 1 saturated heterocycles. The smallest absolute Gasteiger partial charge is 0.123 e. The van der Waals surface area contributed by atoms with Crippen molar-refractivity contribution < 1.29 is 4.39 Å². The van der Waals surface area contributed by atoms with Gasteiger partial charge in [-0.25, -0.2) is 4.39 Å². The van der Waals surface area contributed by atoms with Gasteiger partial charge in [-0.1, -0.05) is 0 Å². The highest BCUT2D eigenvalue weighted by Gasteiger charge is 2.13. The number of aryl methyl sites for hydroxylation is 1. The molecule has 0 unspecified atom stereocenters. The first-order chi connectivity index (χ1) is 6.27. The molecule has 1 aromatic rings. The Hall–Kier alpha value is -1.05. The van der Waals surface area contributed by atoms with Crippen LogP contribution in [0.1, 0.15) is 18.4 Å². The highest BCUT2D eigenvalue weighted by Crippen LogP contribution is 2.24. The molecular formula is C11H14FN. The third kappa shape index (κ3) is 1.67. The summed E-state index contributed by atoms with van der Waals surface area (Å²) in [5, 5.41) is 0. The number of benzene rings is 1. The van der Waals surface area contributed by atoms with E-state index in [-0.39, 0.29) is 5.82 Å². The molecule has 1 fully saturated rings. The molecule has 1 nitrogen and oxygen atoms in total. The van der Waals surface area contributed by atoms with Gasteiger partial charge in [-0.05, 0) is 43.5 Å². The van der Waals surface area contributed by atoms with Crippen molar-refractivity contribution in [2.45, 2.75) is 19.8 Å². The van der Waals surface area contributed by atoms with Gasteiger partial charge in [0.1, 0.15) is 5.82 Å². The average Bonchev–Trinajstić information content (AvgIpc) is 2.56. The van der Waals surface area contributed by atoms with E-state index in [1.54, 1.807) is 12.1 Å². The van der Waals surface area contributed by atoms with Gasteiger partial charge in [0.05, 0.1) is 0 Å². The molecule has 13 heavy (non-hydrogen) atoms. The minimum Gasteiger partial charge on any atom is -0.371 e. The van der Waals surface area contributed by atoms with E-state index in [4.69, 9.17) is 0 Å². The summed E-state index contributed by atoms with van der Waals surface area (Å²) in [5.41, 5.74) is 2.24. The van der Waals surface area contributed by atoms with Crippen LogP contribution in [0.5, 0.6) is 0 Å². The van der Waals surface area contributed by atoms with E-state index in [9.17, 15) is 4.39 Å². The van der Waals surface area contributed by atoms with Crippen LogP contribution in [0.25, 0.3) is 0 Å². The van der Waals surface area contributed by atoms with Gasteiger partial charge in [0, 0.05) is 18.8 Å². The van der Waals surface area contributed by atoms with Gasteiger partial charge in [0.15, 0.2) is 0 Å². The fourth-order valence-corrected chi connectivity index (χ4v) is 1.93. The van der Waals surface area contributed by atoms with E-state index >= 15 is 0 Å². The molecule has 0 atom stereocenters. The molecule has 0 saturated carbocycles. The monoisotopic (exact) mass is 179 g/mol. The topological polar surface area (TPSA) is 3.24 Å². The number of hydrogen-bond acceptors (Lipinski definition) is 1. The zero-order valence-corrected chi connectivity index (χ0v) is 7.89. The SMILES string of the molecule is Cc1cc(F)ccc1N1CCCC1. The molecule has 2 rings (SSSR count). The lowest BCUT2D eigenvalue weighted by Gasteiger charge is -2.19. The second-order valence-electron chi connectivity index (χ2n) is 3.62. The normalized spacial score (nSPS) is 16.6. The van der Waals surface area contributed by atoms with Crippen molar-refractivity contribution in [1.29, 1.82) is 0 Å². The second-order valence-corrected chi connectivity index (χ2v) is 3.62. The van der Waals surface area contributed by atoms with Gasteiger partial charge >= 0.3 is 0 Å². The number of hydrogen-bond donors (Lipinski definition) is 0. The summed E-state index contributed by atoms with van der Waals surface area (Å²) < 4.78 is 12.8. The van der Waals surface area contributed by atoms with E-state index in [1.807, 2.05) is 13.0 Å². The summed E-state index contributed by atoms with van der Waals surface area (Å²) >= 11 is 0. The first-order valence-corrected chi connectivity index (χ1v) is 4.78. The van der Waals surface area contributed by atoms with E-state index in [1.165, 1.54) is 18.5 Å². The van der Waals surface area contributed by atoms with E-state index in [0.717, 1.165) is 18.7 Å². The lowest BCUT2D eigenvalue weighted by atomic mass is 10.2. The Balaban J connectivity index is 2.29. The van der Waals surface area contributed by atoms with E-state index in [0.29, 0.717) is 0 Å². The number of rotatable bonds is 1. The predicted octanol–water partition coefficient (Wildman–Crippen LogP) is 2.73. The molecule has 1 aromatic carbocycles. The fourth-order valence-electron chi connectivity index (χ4n) is 1.93. The van der Waals surface area contributed by atoms with Gasteiger partial charge in [-0.2, -0.15) is 0 Å². The molecule has 0 aliphatic carbocycles. The molecule has 1 heterocycles. The summed E-state index contributed by atoms with van der Waals surface area (Å²) in [4.78, 5) is 2.33. The molecule has 0 radical (unpaired) electrons. The molecule has 0 amide bonds. The summed E-state index contributed by atoms with van der Waals surface area (Å²) in [5.74, 6) is -0.138. The van der Waals surface area contributed by atoms with Gasteiger partial charge in [0.2, 0.25) is 0 Å². The molecule has 2 heteroatoms. The number of halogens is 1. The predicted molar refractivity (Wildman–Crippen MR) is 52.6 cm³/mol. The maximum atomic E-state index is 12.8. The van der Waals surface area contributed by atoms with Crippen LogP contribution in [-0.2, 0) is 0 Å². The van der Waals surface area contributed by atoms with Gasteiger partial charge < -0.3 is 4.90 Å². The first-order valence-electron chi connectivity index (χ1n) is 4.78. The standard InChI is InChI=1S/C11H14FN/c1-9-8-10(12)4-5-11(9)13-6-2-3-7-13/h4-5,8H,2-3,6-7H2,1H3. The summed E-state index contributed by atoms with van der Waals surface area (Å²) in [6, 6.07) is 5.03. The third-order valence-electron chi connectivity index (χ3n) is 2.61. The van der Waals surface area contributed by atoms with Crippen molar-refractivity contribution in [3.05, 3.63) is 29.6 Å². The molecule has 0 bridgehead atoms. The quantitative estimate of drug-likeness (QED) is 0.640. The van der Waals surface area contributed by atoms with Gasteiger partial charge in [0.25, 0.3) is 0 Å². The van der Waals surface area contributed by atoms with Gasteiger partial charge in [-0.3, -0.25) is 0 Å². The largest absolute Gasteiger partial charge is 0.371 e. The first kappa shape index (κ1) is 8.54. The van der Waals surface area contributed by atoms with Crippen molar-refractivity contribution in [2.75, 3.05) is 18.0 Å². The molecule has 0 N–H and O–H groups in total. The second kappa shape index (κ2) is 3.36. The van der Waals surface area contributed by atoms with Crippen LogP contribution in [0.3, 0.4) is 0 Å². The molecule has 0 spiro atoms. The molecular weight excluding hydrogens is 165 g/mol. The van der Waals surface area contributed by atoms with Crippen LogP contribution < -0.4 is 4.90 Å². The van der Waals surface area contributed by atoms with E-state index in [2.05, 4.69) is 4.90 Å². The molecule has 1 aliphatic heterocycles. The van der Waals surface area contributed by atoms with Crippen molar-refractivity contribution in [3.8, 4) is 0 Å². The molecule has 70 valence electrons. The van der Waals surface area contributed by atoms with Crippen LogP contribution >= 0.6 is 0 Å². The minimum atomic E-state index is -0.138. The van der Waals surface area contributed by atoms with Crippen molar-refractivity contribution >= 4 is 5.69 Å². The Morgan fingerprint density at radius 2 is 1.92 bits per heavy atom. The van der Waals surface area contributed by atoms with Crippen molar-refractivity contribution in [1.82, 2.24) is 0 Å². The van der Waals surface area contributed by atoms with Crippen LogP contribution in [-0.4, -0.2) is 13.1 Å². The highest BCUT2D eigenvalue weighted by molar-refractivity contribution is 5.53. The Bertz CT molecular complexity index is 303. The Morgan fingerprint density at radius 3 is 2.54 bits per heavy atom. The van der Waals surface area contributed by atoms with Crippen molar-refractivity contribution in [3.63, 3.8) is 0 Å². The highest BCUT2D eigenvalue weighted by atomic mass is 19.1. The lowest BCUT2D eigenvalue weighted by molar-refractivity contribution is 0.626. The van der Waals surface area contributed by atoms with Crippen LogP contribution in [0, 0.1) is 12.7 Å². The summed E-state index contributed by atoms with van der Waals surface area (Å²) in [7, 11) is 0. The maximum absolute atomic E-state index is 12.8. The van der Waals surface area contributed by atoms with Crippen molar-refractivity contribution in [2.24, 2.45) is 0 Å². The Labute approximate surface area is 78.2 Å². The summed E-state index contributed by atoms with van der Waals surface area (Å²) in [6.45, 7) is 4.20. The zero-order chi connectivity index (χ0) is 9.26. The Kier molecular flexibility index (Phi) is 2.21.